The first-order valence-corrected chi connectivity index (χ1v) is 14.2. The number of nitrogens with zero attached hydrogens (tertiary/aromatic N) is 3. The number of ether oxygens (including phenoxy) is 1. The van der Waals surface area contributed by atoms with E-state index in [0.29, 0.717) is 35.0 Å². The van der Waals surface area contributed by atoms with Crippen molar-refractivity contribution in [2.24, 2.45) is 0 Å². The maximum absolute atomic E-state index is 13.6. The number of hydrogen-bond donors (Lipinski definition) is 2. The molecule has 0 radical (unpaired) electrons. The van der Waals surface area contributed by atoms with Gasteiger partial charge >= 0.3 is 11.7 Å². The normalized spacial score (nSPS) is 11.5. The molecule has 10 heteroatoms. The van der Waals surface area contributed by atoms with E-state index in [-0.39, 0.29) is 25.1 Å². The summed E-state index contributed by atoms with van der Waals surface area (Å²) in [5, 5.41) is 6.08. The fourth-order valence-corrected chi connectivity index (χ4v) is 4.87. The molecule has 1 unspecified atom stereocenters. The van der Waals surface area contributed by atoms with E-state index < -0.39 is 17.8 Å². The molecule has 5 rings (SSSR count). The number of carbonyl (C=O) groups excluding carboxylic acids is 2. The van der Waals surface area contributed by atoms with Crippen LogP contribution in [-0.4, -0.2) is 40.0 Å². The molecule has 0 saturated carbocycles. The average Bonchev–Trinajstić information content (AvgIpc) is 3.04. The number of aryl methyl sites for hydroxylation is 1. The van der Waals surface area contributed by atoms with Gasteiger partial charge in [0.25, 0.3) is 6.01 Å². The highest BCUT2D eigenvalue weighted by Gasteiger charge is 2.25. The lowest BCUT2D eigenvalue weighted by Gasteiger charge is -2.25. The van der Waals surface area contributed by atoms with Gasteiger partial charge in [0.15, 0.2) is 0 Å². The van der Waals surface area contributed by atoms with Gasteiger partial charge in [0.1, 0.15) is 12.6 Å². The lowest BCUT2D eigenvalue weighted by Crippen LogP contribution is -2.42. The molecule has 2 N–H and O–H groups in total. The molecular weight excluding hydrogens is 558 g/mol. The second kappa shape index (κ2) is 14.1. The monoisotopic (exact) mass is 591 g/mol. The number of pyridine rings is 1. The van der Waals surface area contributed by atoms with Crippen molar-refractivity contribution in [2.45, 2.75) is 39.1 Å². The molecule has 10 nitrogen and oxygen atoms in total. The molecular formula is C34H33N5O5. The fourth-order valence-electron chi connectivity index (χ4n) is 4.87. The van der Waals surface area contributed by atoms with Crippen molar-refractivity contribution in [2.75, 3.05) is 12.4 Å². The highest BCUT2D eigenvalue weighted by atomic mass is 16.5. The first-order chi connectivity index (χ1) is 21.4. The Balaban J connectivity index is 1.31. The van der Waals surface area contributed by atoms with E-state index in [0.717, 1.165) is 16.7 Å². The first kappa shape index (κ1) is 30.0. The molecule has 0 spiro atoms. The molecule has 0 aliphatic heterocycles. The molecule has 2 amide bonds. The third kappa shape index (κ3) is 7.65. The van der Waals surface area contributed by atoms with Crippen LogP contribution in [-0.2, 0) is 35.6 Å². The van der Waals surface area contributed by atoms with Gasteiger partial charge in [-0.25, -0.2) is 9.59 Å². The van der Waals surface area contributed by atoms with E-state index in [9.17, 15) is 14.4 Å². The van der Waals surface area contributed by atoms with Gasteiger partial charge in [-0.15, -0.1) is 0 Å². The number of carbonyl (C=O) groups is 2. The summed E-state index contributed by atoms with van der Waals surface area (Å²) in [5.41, 5.74) is 3.87. The molecule has 0 fully saturated rings. The summed E-state index contributed by atoms with van der Waals surface area (Å²) in [6, 6.07) is 25.6. The summed E-state index contributed by atoms with van der Waals surface area (Å²) in [5.74, 6) is -0.171. The Bertz CT molecular complexity index is 1780. The van der Waals surface area contributed by atoms with Crippen molar-refractivity contribution in [3.63, 3.8) is 0 Å². The smallest absolute Gasteiger partial charge is 0.407 e. The summed E-state index contributed by atoms with van der Waals surface area (Å²) < 4.78 is 10.8. The molecule has 2 heterocycles. The van der Waals surface area contributed by atoms with Crippen LogP contribution >= 0.6 is 0 Å². The van der Waals surface area contributed by atoms with Gasteiger partial charge < -0.3 is 24.7 Å². The minimum atomic E-state index is -0.735. The lowest BCUT2D eigenvalue weighted by molar-refractivity contribution is -0.131. The number of nitrogens with one attached hydrogen (secondary N) is 2. The van der Waals surface area contributed by atoms with Crippen molar-refractivity contribution in [3.8, 4) is 0 Å². The number of amides is 2. The van der Waals surface area contributed by atoms with Crippen LogP contribution in [0.15, 0.2) is 107 Å². The topological polar surface area (TPSA) is 127 Å². The number of likely N-dealkylation sites (N-methyl/N-ethyl adjacent to an activating group) is 1. The van der Waals surface area contributed by atoms with E-state index >= 15 is 0 Å². The summed E-state index contributed by atoms with van der Waals surface area (Å²) in [6.45, 7) is 2.44. The van der Waals surface area contributed by atoms with Crippen molar-refractivity contribution < 1.29 is 18.7 Å². The minimum Gasteiger partial charge on any atom is -0.445 e. The Morgan fingerprint density at radius 2 is 1.64 bits per heavy atom. The third-order valence-electron chi connectivity index (χ3n) is 7.20. The van der Waals surface area contributed by atoms with Gasteiger partial charge in [-0.3, -0.25) is 9.78 Å². The maximum Gasteiger partial charge on any atom is 0.407 e. The van der Waals surface area contributed by atoms with Crippen LogP contribution in [0.1, 0.15) is 27.8 Å². The van der Waals surface area contributed by atoms with Crippen molar-refractivity contribution >= 4 is 28.9 Å². The molecule has 224 valence electrons. The fraction of sp³-hybridized carbons (Fsp3) is 0.206. The van der Waals surface area contributed by atoms with E-state index in [1.165, 1.54) is 0 Å². The second-order valence-corrected chi connectivity index (χ2v) is 10.4. The standard InChI is InChI=1S/C34H33N5O5/c1-23-27(20-36-34(42)43-22-26-14-9-17-35-19-26)15-16-28-30(23)32(41)44-33(37-28)38-29(18-24-10-5-3-6-11-24)31(40)39(2)21-25-12-7-4-8-13-25/h3-17,19,29H,18,20-22H2,1-2H3,(H,36,42)(H,37,38). The van der Waals surface area contributed by atoms with Crippen LogP contribution in [0.25, 0.3) is 10.9 Å². The third-order valence-corrected chi connectivity index (χ3v) is 7.20. The van der Waals surface area contributed by atoms with Crippen LogP contribution in [0, 0.1) is 6.92 Å². The highest BCUT2D eigenvalue weighted by Crippen LogP contribution is 2.21. The largest absolute Gasteiger partial charge is 0.445 e. The summed E-state index contributed by atoms with van der Waals surface area (Å²) >= 11 is 0. The van der Waals surface area contributed by atoms with E-state index in [1.807, 2.05) is 66.7 Å². The molecule has 5 aromatic rings. The summed E-state index contributed by atoms with van der Waals surface area (Å²) in [6.07, 6.45) is 3.04. The predicted molar refractivity (Wildman–Crippen MR) is 167 cm³/mol. The van der Waals surface area contributed by atoms with Gasteiger partial charge in [-0.2, -0.15) is 4.98 Å². The highest BCUT2D eigenvalue weighted by molar-refractivity contribution is 5.85. The van der Waals surface area contributed by atoms with Gasteiger partial charge in [0, 0.05) is 44.5 Å². The van der Waals surface area contributed by atoms with Crippen LogP contribution in [0.3, 0.4) is 0 Å². The van der Waals surface area contributed by atoms with E-state index in [1.54, 1.807) is 49.5 Å². The minimum absolute atomic E-state index is 0.0471. The Morgan fingerprint density at radius 1 is 0.932 bits per heavy atom. The molecule has 0 aliphatic carbocycles. The summed E-state index contributed by atoms with van der Waals surface area (Å²) in [7, 11) is 1.74. The van der Waals surface area contributed by atoms with Gasteiger partial charge in [-0.05, 0) is 41.3 Å². The zero-order chi connectivity index (χ0) is 30.9. The number of rotatable bonds is 11. The number of anilines is 1. The van der Waals surface area contributed by atoms with Gasteiger partial charge in [0.05, 0.1) is 10.9 Å². The zero-order valence-electron chi connectivity index (χ0n) is 24.5. The Morgan fingerprint density at radius 3 is 2.34 bits per heavy atom. The number of benzene rings is 3. The van der Waals surface area contributed by atoms with Crippen LogP contribution in [0.5, 0.6) is 0 Å². The molecule has 0 saturated heterocycles. The molecule has 0 aliphatic rings. The quantitative estimate of drug-likeness (QED) is 0.220. The van der Waals surface area contributed by atoms with Crippen LogP contribution in [0.4, 0.5) is 10.8 Å². The van der Waals surface area contributed by atoms with Crippen LogP contribution < -0.4 is 16.3 Å². The maximum atomic E-state index is 13.6. The van der Waals surface area contributed by atoms with Crippen LogP contribution in [0.2, 0.25) is 0 Å². The second-order valence-electron chi connectivity index (χ2n) is 10.4. The van der Waals surface area contributed by atoms with Crippen molar-refractivity contribution in [1.82, 2.24) is 20.2 Å². The van der Waals surface area contributed by atoms with Gasteiger partial charge in [-0.1, -0.05) is 72.8 Å². The molecule has 2 aromatic heterocycles. The molecule has 44 heavy (non-hydrogen) atoms. The lowest BCUT2D eigenvalue weighted by atomic mass is 10.0. The summed E-state index contributed by atoms with van der Waals surface area (Å²) in [4.78, 5) is 49.2. The SMILES string of the molecule is Cc1c(CNC(=O)OCc2cccnc2)ccc2nc(NC(Cc3ccccc3)C(=O)N(C)Cc3ccccc3)oc(=O)c12. The number of alkyl carbamates (subject to hydrolysis) is 1. The number of hydrogen-bond acceptors (Lipinski definition) is 8. The number of aromatic nitrogens is 2. The Kier molecular flexibility index (Phi) is 9.61. The van der Waals surface area contributed by atoms with Gasteiger partial charge in [0.2, 0.25) is 5.91 Å². The molecule has 3 aromatic carbocycles. The van der Waals surface area contributed by atoms with E-state index in [4.69, 9.17) is 9.15 Å². The Labute approximate surface area is 254 Å². The van der Waals surface area contributed by atoms with Crippen molar-refractivity contribution in [1.29, 1.82) is 0 Å². The molecule has 1 atom stereocenters. The molecule has 0 bridgehead atoms. The van der Waals surface area contributed by atoms with E-state index in [2.05, 4.69) is 20.6 Å². The first-order valence-electron chi connectivity index (χ1n) is 14.2. The predicted octanol–water partition coefficient (Wildman–Crippen LogP) is 5.00. The average molecular weight is 592 g/mol. The number of fused-ring (bicyclic) bond motifs is 1. The zero-order valence-corrected chi connectivity index (χ0v) is 24.5. The van der Waals surface area contributed by atoms with Crippen molar-refractivity contribution in [3.05, 3.63) is 136 Å². The Hall–Kier alpha value is -5.51.